The molecule has 0 radical (unpaired) electrons. The molecule has 1 aliphatic heterocycles. The van der Waals surface area contributed by atoms with Crippen molar-refractivity contribution in [2.45, 2.75) is 31.3 Å². The summed E-state index contributed by atoms with van der Waals surface area (Å²) in [5, 5.41) is 12.3. The van der Waals surface area contributed by atoms with Crippen LogP contribution in [-0.2, 0) is 4.79 Å². The number of halogens is 1. The molecule has 0 atom stereocenters. The number of primary amides is 1. The van der Waals surface area contributed by atoms with Crippen LogP contribution in [0.5, 0.6) is 0 Å². The van der Waals surface area contributed by atoms with E-state index in [1.807, 2.05) is 31.2 Å². The van der Waals surface area contributed by atoms with E-state index in [-0.39, 0.29) is 11.7 Å². The number of carbonyl (C=O) groups excluding carboxylic acids is 2. The van der Waals surface area contributed by atoms with Crippen molar-refractivity contribution < 1.29 is 9.59 Å². The Kier molecular flexibility index (Phi) is 7.20. The van der Waals surface area contributed by atoms with Crippen molar-refractivity contribution in [1.29, 1.82) is 0 Å². The number of benzene rings is 2. The lowest BCUT2D eigenvalue weighted by Gasteiger charge is -2.30. The highest BCUT2D eigenvalue weighted by atomic mass is 35.5. The summed E-state index contributed by atoms with van der Waals surface area (Å²) in [6.07, 6.45) is 4.98. The van der Waals surface area contributed by atoms with Gasteiger partial charge in [0.15, 0.2) is 5.16 Å². The van der Waals surface area contributed by atoms with E-state index >= 15 is 0 Å². The maximum atomic E-state index is 12.8. The van der Waals surface area contributed by atoms with Crippen molar-refractivity contribution in [3.8, 4) is 5.69 Å². The Morgan fingerprint density at radius 2 is 1.94 bits per heavy atom. The second kappa shape index (κ2) is 10.3. The quantitative estimate of drug-likeness (QED) is 0.490. The zero-order valence-corrected chi connectivity index (χ0v) is 19.8. The van der Waals surface area contributed by atoms with Gasteiger partial charge in [-0.2, -0.15) is 0 Å². The molecule has 1 aromatic heterocycles. The van der Waals surface area contributed by atoms with E-state index in [9.17, 15) is 9.59 Å². The molecular weight excluding hydrogens is 460 g/mol. The van der Waals surface area contributed by atoms with Crippen LogP contribution >= 0.6 is 23.4 Å². The Morgan fingerprint density at radius 3 is 2.67 bits per heavy atom. The van der Waals surface area contributed by atoms with E-state index in [0.717, 1.165) is 42.9 Å². The van der Waals surface area contributed by atoms with E-state index in [0.29, 0.717) is 21.4 Å². The summed E-state index contributed by atoms with van der Waals surface area (Å²) in [5.74, 6) is -0.621. The van der Waals surface area contributed by atoms with Crippen molar-refractivity contribution >= 4 is 46.6 Å². The number of hydrogen-bond donors (Lipinski definition) is 2. The number of nitrogens with zero attached hydrogens (tertiary/aromatic N) is 4. The summed E-state index contributed by atoms with van der Waals surface area (Å²) < 4.78 is 1.79. The number of nitrogens with one attached hydrogen (secondary N) is 1. The number of hydrogen-bond acceptors (Lipinski definition) is 6. The fraction of sp³-hybridized carbons (Fsp3) is 0.304. The largest absolute Gasteiger partial charge is 0.370 e. The third-order valence-corrected chi connectivity index (χ3v) is 6.88. The maximum Gasteiger partial charge on any atom is 0.248 e. The van der Waals surface area contributed by atoms with Crippen molar-refractivity contribution in [3.05, 3.63) is 58.9 Å². The zero-order valence-electron chi connectivity index (χ0n) is 18.3. The predicted octanol–water partition coefficient (Wildman–Crippen LogP) is 4.05. The molecule has 2 amide bonds. The van der Waals surface area contributed by atoms with Gasteiger partial charge in [-0.05, 0) is 62.1 Å². The Hall–Kier alpha value is -3.04. The first-order chi connectivity index (χ1) is 15.9. The normalized spacial score (nSPS) is 13.7. The third kappa shape index (κ3) is 5.48. The van der Waals surface area contributed by atoms with Crippen molar-refractivity contribution in [3.63, 3.8) is 0 Å². The number of nitrogens with two attached hydrogens (primary N) is 1. The van der Waals surface area contributed by atoms with Gasteiger partial charge in [0, 0.05) is 23.7 Å². The van der Waals surface area contributed by atoms with Gasteiger partial charge >= 0.3 is 0 Å². The van der Waals surface area contributed by atoms with Gasteiger partial charge in [0.1, 0.15) is 6.33 Å². The molecular formula is C23H25ClN6O2S. The Labute approximate surface area is 201 Å². The molecule has 8 nitrogen and oxygen atoms in total. The Bertz CT molecular complexity index is 1180. The molecule has 1 saturated heterocycles. The molecule has 3 N–H and O–H groups in total. The molecule has 0 saturated carbocycles. The van der Waals surface area contributed by atoms with Crippen LogP contribution in [0.25, 0.3) is 5.69 Å². The molecule has 0 unspecified atom stereocenters. The monoisotopic (exact) mass is 484 g/mol. The van der Waals surface area contributed by atoms with Crippen LogP contribution in [0.3, 0.4) is 0 Å². The van der Waals surface area contributed by atoms with Gasteiger partial charge in [-0.1, -0.05) is 29.4 Å². The smallest absolute Gasteiger partial charge is 0.248 e. The van der Waals surface area contributed by atoms with Crippen molar-refractivity contribution in [1.82, 2.24) is 14.8 Å². The lowest BCUT2D eigenvalue weighted by Crippen LogP contribution is -2.30. The minimum Gasteiger partial charge on any atom is -0.370 e. The fourth-order valence-corrected chi connectivity index (χ4v) is 4.65. The number of thioether (sulfide) groups is 1. The third-order valence-electron chi connectivity index (χ3n) is 5.53. The molecule has 0 bridgehead atoms. The van der Waals surface area contributed by atoms with E-state index in [4.69, 9.17) is 17.3 Å². The highest BCUT2D eigenvalue weighted by Gasteiger charge is 2.18. The van der Waals surface area contributed by atoms with E-state index < -0.39 is 5.91 Å². The number of rotatable bonds is 7. The highest BCUT2D eigenvalue weighted by Crippen LogP contribution is 2.30. The van der Waals surface area contributed by atoms with E-state index in [2.05, 4.69) is 20.4 Å². The molecule has 3 aromatic rings. The minimum absolute atomic E-state index is 0.124. The Morgan fingerprint density at radius 1 is 1.15 bits per heavy atom. The number of carbonyl (C=O) groups is 2. The molecule has 172 valence electrons. The van der Waals surface area contributed by atoms with Crippen molar-refractivity contribution in [2.75, 3.05) is 29.1 Å². The van der Waals surface area contributed by atoms with Gasteiger partial charge in [0.25, 0.3) is 0 Å². The summed E-state index contributed by atoms with van der Waals surface area (Å²) in [6, 6.07) is 10.9. The number of aromatic nitrogens is 3. The molecule has 2 heterocycles. The van der Waals surface area contributed by atoms with Crippen LogP contribution in [-0.4, -0.2) is 45.4 Å². The number of anilines is 2. The Balaban J connectivity index is 1.48. The van der Waals surface area contributed by atoms with Gasteiger partial charge in [-0.25, -0.2) is 0 Å². The van der Waals surface area contributed by atoms with Gasteiger partial charge in [0.05, 0.1) is 22.8 Å². The standard InChI is InChI=1S/C23H25ClN6O2S/c1-15-5-7-17(12-18(15)24)30-14-26-28-23(30)33-13-21(31)27-19-11-16(22(25)32)6-8-20(19)29-9-3-2-4-10-29/h5-8,11-12,14H,2-4,9-10,13H2,1H3,(H2,25,32)(H,27,31). The summed E-state index contributed by atoms with van der Waals surface area (Å²) in [4.78, 5) is 26.7. The molecule has 4 rings (SSSR count). The van der Waals surface area contributed by atoms with Gasteiger partial charge in [0.2, 0.25) is 11.8 Å². The summed E-state index contributed by atoms with van der Waals surface area (Å²) in [6.45, 7) is 3.76. The first-order valence-corrected chi connectivity index (χ1v) is 12.1. The van der Waals surface area contributed by atoms with E-state index in [1.54, 1.807) is 23.0 Å². The van der Waals surface area contributed by atoms with Crippen LogP contribution in [0.1, 0.15) is 35.2 Å². The lowest BCUT2D eigenvalue weighted by molar-refractivity contribution is -0.113. The molecule has 10 heteroatoms. The second-order valence-electron chi connectivity index (χ2n) is 7.90. The summed E-state index contributed by atoms with van der Waals surface area (Å²) in [5.41, 5.74) is 9.10. The molecule has 33 heavy (non-hydrogen) atoms. The molecule has 2 aromatic carbocycles. The molecule has 0 aliphatic carbocycles. The van der Waals surface area contributed by atoms with Gasteiger partial charge < -0.3 is 16.0 Å². The maximum absolute atomic E-state index is 12.8. The minimum atomic E-state index is -0.532. The lowest BCUT2D eigenvalue weighted by atomic mass is 10.1. The predicted molar refractivity (Wildman–Crippen MR) is 131 cm³/mol. The second-order valence-corrected chi connectivity index (χ2v) is 9.25. The SMILES string of the molecule is Cc1ccc(-n2cnnc2SCC(=O)Nc2cc(C(N)=O)ccc2N2CCCCC2)cc1Cl. The van der Waals surface area contributed by atoms with Gasteiger partial charge in [-0.3, -0.25) is 14.2 Å². The summed E-state index contributed by atoms with van der Waals surface area (Å²) in [7, 11) is 0. The average Bonchev–Trinajstić information content (AvgIpc) is 3.29. The highest BCUT2D eigenvalue weighted by molar-refractivity contribution is 7.99. The van der Waals surface area contributed by atoms with E-state index in [1.165, 1.54) is 18.2 Å². The van der Waals surface area contributed by atoms with Crippen LogP contribution in [0.15, 0.2) is 47.9 Å². The van der Waals surface area contributed by atoms with Crippen LogP contribution in [0.2, 0.25) is 5.02 Å². The van der Waals surface area contributed by atoms with Crippen molar-refractivity contribution in [2.24, 2.45) is 5.73 Å². The molecule has 1 fully saturated rings. The number of amides is 2. The number of piperidine rings is 1. The fourth-order valence-electron chi connectivity index (χ4n) is 3.75. The van der Waals surface area contributed by atoms with Crippen LogP contribution in [0.4, 0.5) is 11.4 Å². The topological polar surface area (TPSA) is 106 Å². The molecule has 0 spiro atoms. The average molecular weight is 485 g/mol. The van der Waals surface area contributed by atoms with Crippen LogP contribution in [0, 0.1) is 6.92 Å². The number of aryl methyl sites for hydroxylation is 1. The van der Waals surface area contributed by atoms with Crippen LogP contribution < -0.4 is 16.0 Å². The van der Waals surface area contributed by atoms with Gasteiger partial charge in [-0.15, -0.1) is 10.2 Å². The first-order valence-electron chi connectivity index (χ1n) is 10.7. The zero-order chi connectivity index (χ0) is 23.4. The first kappa shape index (κ1) is 23.1. The summed E-state index contributed by atoms with van der Waals surface area (Å²) >= 11 is 7.52. The molecule has 1 aliphatic rings.